The minimum Gasteiger partial charge on any atom is -0.302 e. The van der Waals surface area contributed by atoms with Gasteiger partial charge in [-0.15, -0.1) is 11.6 Å². The van der Waals surface area contributed by atoms with E-state index in [1.54, 1.807) is 0 Å². The minimum absolute atomic E-state index is 0.287. The maximum absolute atomic E-state index is 10.1. The number of alkyl halides is 1. The molecular formula is C9H15ClO. The third-order valence-corrected chi connectivity index (χ3v) is 1.72. The average Bonchev–Trinajstić information content (AvgIpc) is 2.04. The first-order chi connectivity index (χ1) is 5.31. The summed E-state index contributed by atoms with van der Waals surface area (Å²) in [5.41, 5.74) is 0. The monoisotopic (exact) mass is 174 g/mol. The van der Waals surface area contributed by atoms with Crippen LogP contribution in [-0.4, -0.2) is 11.7 Å². The van der Waals surface area contributed by atoms with E-state index in [4.69, 9.17) is 11.6 Å². The molecule has 0 aliphatic heterocycles. The van der Waals surface area contributed by atoms with Crippen molar-refractivity contribution in [2.24, 2.45) is 0 Å². The Hall–Kier alpha value is -0.300. The number of hydrogen-bond acceptors (Lipinski definition) is 1. The van der Waals surface area contributed by atoms with E-state index in [9.17, 15) is 4.79 Å². The Kier molecular flexibility index (Phi) is 7.59. The highest BCUT2D eigenvalue weighted by molar-refractivity contribution is 6.27. The van der Waals surface area contributed by atoms with Crippen molar-refractivity contribution in [3.63, 3.8) is 0 Å². The fraction of sp³-hybridized carbons (Fsp3) is 0.667. The lowest BCUT2D eigenvalue weighted by Crippen LogP contribution is -1.97. The second-order valence-corrected chi connectivity index (χ2v) is 3.02. The largest absolute Gasteiger partial charge is 0.302 e. The Morgan fingerprint density at radius 2 is 2.18 bits per heavy atom. The molecule has 0 radical (unpaired) electrons. The molecule has 64 valence electrons. The molecule has 0 rings (SSSR count). The van der Waals surface area contributed by atoms with Crippen LogP contribution >= 0.6 is 11.6 Å². The molecule has 0 aromatic carbocycles. The summed E-state index contributed by atoms with van der Waals surface area (Å²) in [7, 11) is 0. The molecule has 0 aliphatic carbocycles. The number of rotatable bonds is 6. The average molecular weight is 175 g/mol. The van der Waals surface area contributed by atoms with Crippen molar-refractivity contribution >= 4 is 17.9 Å². The molecule has 0 spiro atoms. The van der Waals surface area contributed by atoms with Crippen LogP contribution in [0, 0.1) is 0 Å². The zero-order chi connectivity index (χ0) is 8.53. The molecule has 0 unspecified atom stereocenters. The van der Waals surface area contributed by atoms with Gasteiger partial charge < -0.3 is 4.79 Å². The highest BCUT2D eigenvalue weighted by atomic mass is 35.5. The van der Waals surface area contributed by atoms with Gasteiger partial charge in [0.2, 0.25) is 0 Å². The molecule has 1 nitrogen and oxygen atoms in total. The highest BCUT2D eigenvalue weighted by Gasteiger charge is 1.98. The Morgan fingerprint density at radius 3 is 2.73 bits per heavy atom. The molecule has 0 bridgehead atoms. The molecular weight excluding hydrogens is 160 g/mol. The highest BCUT2D eigenvalue weighted by Crippen LogP contribution is 2.05. The van der Waals surface area contributed by atoms with Crippen LogP contribution in [0.1, 0.15) is 32.6 Å². The summed E-state index contributed by atoms with van der Waals surface area (Å²) in [5.74, 6) is 0. The second-order valence-electron chi connectivity index (χ2n) is 2.46. The fourth-order valence-corrected chi connectivity index (χ4v) is 0.938. The third kappa shape index (κ3) is 7.60. The van der Waals surface area contributed by atoms with Gasteiger partial charge in [-0.05, 0) is 25.7 Å². The Morgan fingerprint density at radius 1 is 1.45 bits per heavy atom. The molecule has 0 heterocycles. The summed E-state index contributed by atoms with van der Waals surface area (Å²) in [6, 6.07) is 0. The maximum Gasteiger partial charge on any atom is 0.137 e. The number of allylic oxidation sites excluding steroid dienone is 2. The van der Waals surface area contributed by atoms with Crippen LogP contribution in [0.4, 0.5) is 0 Å². The van der Waals surface area contributed by atoms with E-state index in [0.717, 1.165) is 32.0 Å². The standard InChI is InChI=1S/C9H15ClO/c1-2-3-4-5-6-7-9(10)8-11/h3-4,8-9H,2,5-7H2,1H3/b4-3-/t9-/m1/s1. The molecule has 0 aliphatic rings. The smallest absolute Gasteiger partial charge is 0.137 e. The van der Waals surface area contributed by atoms with E-state index in [1.807, 2.05) is 0 Å². The molecule has 0 saturated heterocycles. The fourth-order valence-electron chi connectivity index (χ4n) is 0.783. The van der Waals surface area contributed by atoms with Gasteiger partial charge in [0.25, 0.3) is 0 Å². The molecule has 0 fully saturated rings. The van der Waals surface area contributed by atoms with E-state index in [-0.39, 0.29) is 5.38 Å². The van der Waals surface area contributed by atoms with Gasteiger partial charge in [0.05, 0.1) is 5.38 Å². The van der Waals surface area contributed by atoms with Crippen molar-refractivity contribution in [3.8, 4) is 0 Å². The Labute approximate surface area is 73.4 Å². The van der Waals surface area contributed by atoms with Crippen LogP contribution in [0.3, 0.4) is 0 Å². The first kappa shape index (κ1) is 10.7. The first-order valence-corrected chi connectivity index (χ1v) is 4.49. The van der Waals surface area contributed by atoms with Crippen molar-refractivity contribution in [2.45, 2.75) is 38.0 Å². The lowest BCUT2D eigenvalue weighted by molar-refractivity contribution is -0.107. The number of halogens is 1. The minimum atomic E-state index is -0.287. The van der Waals surface area contributed by atoms with Gasteiger partial charge in [-0.3, -0.25) is 0 Å². The van der Waals surface area contributed by atoms with Gasteiger partial charge in [0.15, 0.2) is 0 Å². The van der Waals surface area contributed by atoms with Crippen LogP contribution < -0.4 is 0 Å². The predicted octanol–water partition coefficient (Wildman–Crippen LogP) is 2.93. The lowest BCUT2D eigenvalue weighted by Gasteiger charge is -1.97. The summed E-state index contributed by atoms with van der Waals surface area (Å²) in [6.07, 6.45) is 8.97. The number of aldehydes is 1. The third-order valence-electron chi connectivity index (χ3n) is 1.40. The summed E-state index contributed by atoms with van der Waals surface area (Å²) in [4.78, 5) is 10.1. The van der Waals surface area contributed by atoms with Crippen LogP contribution in [0.2, 0.25) is 0 Å². The summed E-state index contributed by atoms with van der Waals surface area (Å²) >= 11 is 5.59. The van der Waals surface area contributed by atoms with Crippen LogP contribution in [0.25, 0.3) is 0 Å². The van der Waals surface area contributed by atoms with Gasteiger partial charge >= 0.3 is 0 Å². The summed E-state index contributed by atoms with van der Waals surface area (Å²) < 4.78 is 0. The quantitative estimate of drug-likeness (QED) is 0.262. The van der Waals surface area contributed by atoms with Gasteiger partial charge in [-0.1, -0.05) is 19.1 Å². The predicted molar refractivity (Wildman–Crippen MR) is 49.0 cm³/mol. The maximum atomic E-state index is 10.1. The van der Waals surface area contributed by atoms with Crippen molar-refractivity contribution < 1.29 is 4.79 Å². The van der Waals surface area contributed by atoms with E-state index in [1.165, 1.54) is 0 Å². The van der Waals surface area contributed by atoms with E-state index >= 15 is 0 Å². The molecule has 0 N–H and O–H groups in total. The number of hydrogen-bond donors (Lipinski definition) is 0. The van der Waals surface area contributed by atoms with Gasteiger partial charge in [-0.2, -0.15) is 0 Å². The van der Waals surface area contributed by atoms with Crippen molar-refractivity contribution in [3.05, 3.63) is 12.2 Å². The zero-order valence-corrected chi connectivity index (χ0v) is 7.68. The summed E-state index contributed by atoms with van der Waals surface area (Å²) in [6.45, 7) is 2.10. The molecule has 0 aromatic rings. The molecule has 0 aromatic heterocycles. The molecule has 0 amide bonds. The molecule has 2 heteroatoms. The van der Waals surface area contributed by atoms with E-state index < -0.39 is 0 Å². The topological polar surface area (TPSA) is 17.1 Å². The normalized spacial score (nSPS) is 13.6. The number of carbonyl (C=O) groups is 1. The van der Waals surface area contributed by atoms with Crippen LogP contribution in [-0.2, 0) is 4.79 Å². The van der Waals surface area contributed by atoms with Gasteiger partial charge in [0, 0.05) is 0 Å². The Bertz CT molecular complexity index is 121. The first-order valence-electron chi connectivity index (χ1n) is 4.05. The molecule has 11 heavy (non-hydrogen) atoms. The number of unbranched alkanes of at least 4 members (excludes halogenated alkanes) is 1. The second kappa shape index (κ2) is 7.80. The van der Waals surface area contributed by atoms with Gasteiger partial charge in [0.1, 0.15) is 6.29 Å². The molecule has 1 atom stereocenters. The van der Waals surface area contributed by atoms with Crippen LogP contribution in [0.5, 0.6) is 0 Å². The number of carbonyl (C=O) groups excluding carboxylic acids is 1. The zero-order valence-electron chi connectivity index (χ0n) is 6.92. The Balaban J connectivity index is 3.13. The summed E-state index contributed by atoms with van der Waals surface area (Å²) in [5, 5.41) is -0.287. The lowest BCUT2D eigenvalue weighted by atomic mass is 10.2. The van der Waals surface area contributed by atoms with Gasteiger partial charge in [-0.25, -0.2) is 0 Å². The van der Waals surface area contributed by atoms with Crippen molar-refractivity contribution in [1.82, 2.24) is 0 Å². The SMILES string of the molecule is CC/C=C\CCC[C@@H](Cl)C=O. The van der Waals surface area contributed by atoms with Crippen molar-refractivity contribution in [1.29, 1.82) is 0 Å². The molecule has 0 saturated carbocycles. The van der Waals surface area contributed by atoms with E-state index in [0.29, 0.717) is 0 Å². The van der Waals surface area contributed by atoms with E-state index in [2.05, 4.69) is 19.1 Å². The van der Waals surface area contributed by atoms with Crippen LogP contribution in [0.15, 0.2) is 12.2 Å². The van der Waals surface area contributed by atoms with Crippen molar-refractivity contribution in [2.75, 3.05) is 0 Å².